The number of aromatic nitrogens is 1. The number of hydrogen-bond donors (Lipinski definition) is 1. The number of likely N-dealkylation sites (tertiary alicyclic amines) is 1. The number of carbonyl (C=O) groups excluding carboxylic acids is 1. The minimum absolute atomic E-state index is 0.125. The van der Waals surface area contributed by atoms with Gasteiger partial charge in [0.05, 0.1) is 5.69 Å². The Kier molecular flexibility index (Phi) is 4.36. The molecule has 0 unspecified atom stereocenters. The Morgan fingerprint density at radius 3 is 2.79 bits per heavy atom. The third-order valence-electron chi connectivity index (χ3n) is 3.35. The van der Waals surface area contributed by atoms with Crippen molar-refractivity contribution in [1.82, 2.24) is 15.0 Å². The van der Waals surface area contributed by atoms with Gasteiger partial charge in [-0.3, -0.25) is 5.32 Å². The summed E-state index contributed by atoms with van der Waals surface area (Å²) in [6.07, 6.45) is 2.09. The van der Waals surface area contributed by atoms with Crippen molar-refractivity contribution in [2.24, 2.45) is 0 Å². The van der Waals surface area contributed by atoms with Gasteiger partial charge in [0.15, 0.2) is 0 Å². The molecular formula is C12H20N4O2S. The summed E-state index contributed by atoms with van der Waals surface area (Å²) in [6, 6.07) is 1.97. The Morgan fingerprint density at radius 1 is 1.58 bits per heavy atom. The number of likely N-dealkylation sites (N-methyl/N-ethyl adjacent to an activating group) is 1. The zero-order chi connectivity index (χ0) is 14.0. The number of anilines is 1. The van der Waals surface area contributed by atoms with Crippen molar-refractivity contribution < 1.29 is 9.32 Å². The molecule has 2 atom stereocenters. The second kappa shape index (κ2) is 5.83. The van der Waals surface area contributed by atoms with Crippen LogP contribution in [0.3, 0.4) is 0 Å². The molecule has 0 spiro atoms. The van der Waals surface area contributed by atoms with E-state index >= 15 is 0 Å². The molecular weight excluding hydrogens is 264 g/mol. The van der Waals surface area contributed by atoms with Crippen LogP contribution in [-0.2, 0) is 0 Å². The van der Waals surface area contributed by atoms with E-state index in [0.717, 1.165) is 18.8 Å². The fourth-order valence-electron chi connectivity index (χ4n) is 2.26. The first-order chi connectivity index (χ1) is 9.01. The van der Waals surface area contributed by atoms with Crippen molar-refractivity contribution in [3.05, 3.63) is 11.8 Å². The molecule has 2 amide bonds. The lowest BCUT2D eigenvalue weighted by Gasteiger charge is -2.23. The highest BCUT2D eigenvalue weighted by Gasteiger charge is 2.36. The van der Waals surface area contributed by atoms with Gasteiger partial charge < -0.3 is 14.3 Å². The molecule has 1 aromatic heterocycles. The third kappa shape index (κ3) is 3.22. The number of urea groups is 1. The van der Waals surface area contributed by atoms with Crippen molar-refractivity contribution in [1.29, 1.82) is 0 Å². The molecule has 0 radical (unpaired) electrons. The molecule has 7 heteroatoms. The van der Waals surface area contributed by atoms with Gasteiger partial charge in [-0.25, -0.2) is 4.79 Å². The van der Waals surface area contributed by atoms with Crippen molar-refractivity contribution in [2.45, 2.75) is 18.2 Å². The molecule has 0 aliphatic carbocycles. The first-order valence-corrected chi connectivity index (χ1v) is 7.48. The molecule has 1 N–H and O–H groups in total. The summed E-state index contributed by atoms with van der Waals surface area (Å²) in [6.45, 7) is 3.31. The molecule has 0 aromatic carbocycles. The largest absolute Gasteiger partial charge is 0.338 e. The number of hydrogen-bond acceptors (Lipinski definition) is 5. The van der Waals surface area contributed by atoms with Gasteiger partial charge in [-0.05, 0) is 27.3 Å². The summed E-state index contributed by atoms with van der Waals surface area (Å²) < 4.78 is 5.00. The van der Waals surface area contributed by atoms with Crippen molar-refractivity contribution in [3.63, 3.8) is 0 Å². The van der Waals surface area contributed by atoms with Gasteiger partial charge >= 0.3 is 6.03 Å². The van der Waals surface area contributed by atoms with Crippen LogP contribution in [0.4, 0.5) is 10.7 Å². The van der Waals surface area contributed by atoms with Crippen LogP contribution in [-0.4, -0.2) is 65.7 Å². The Hall–Kier alpha value is -1.21. The number of nitrogens with one attached hydrogen (secondary N) is 1. The number of nitrogens with zero attached hydrogens (tertiary/aromatic N) is 3. The van der Waals surface area contributed by atoms with Crippen molar-refractivity contribution in [3.8, 4) is 0 Å². The second-order valence-electron chi connectivity index (χ2n) is 4.97. The Morgan fingerprint density at radius 2 is 2.32 bits per heavy atom. The fourth-order valence-corrected chi connectivity index (χ4v) is 3.23. The molecule has 1 aliphatic heterocycles. The van der Waals surface area contributed by atoms with Crippen LogP contribution < -0.4 is 5.32 Å². The predicted octanol–water partition coefficient (Wildman–Crippen LogP) is 1.49. The lowest BCUT2D eigenvalue weighted by molar-refractivity contribution is 0.215. The van der Waals surface area contributed by atoms with E-state index in [9.17, 15) is 4.79 Å². The smallest absolute Gasteiger partial charge is 0.324 e. The van der Waals surface area contributed by atoms with Crippen LogP contribution >= 0.6 is 11.8 Å². The van der Waals surface area contributed by atoms with E-state index in [1.165, 1.54) is 0 Å². The van der Waals surface area contributed by atoms with Crippen molar-refractivity contribution in [2.75, 3.05) is 38.8 Å². The Labute approximate surface area is 117 Å². The molecule has 2 rings (SSSR count). The highest BCUT2D eigenvalue weighted by atomic mass is 32.2. The summed E-state index contributed by atoms with van der Waals surface area (Å²) in [5.41, 5.74) is 0.755. The lowest BCUT2D eigenvalue weighted by atomic mass is 10.2. The molecule has 0 saturated carbocycles. The summed E-state index contributed by atoms with van der Waals surface area (Å²) in [4.78, 5) is 16.1. The molecule has 6 nitrogen and oxygen atoms in total. The monoisotopic (exact) mass is 284 g/mol. The highest BCUT2D eigenvalue weighted by molar-refractivity contribution is 7.99. The molecule has 1 fully saturated rings. The van der Waals surface area contributed by atoms with E-state index < -0.39 is 0 Å². The van der Waals surface area contributed by atoms with E-state index in [1.54, 1.807) is 17.8 Å². The van der Waals surface area contributed by atoms with Crippen LogP contribution in [0.25, 0.3) is 0 Å². The normalized spacial score (nSPS) is 23.1. The maximum atomic E-state index is 12.2. The first kappa shape index (κ1) is 14.2. The standard InChI is InChI=1S/C12H20N4O2S/c1-8-5-11(18-14-8)13-12(17)16-6-9(15(2)3)10(7-16)19-4/h5,9-10H,6-7H2,1-4H3,(H,13,17)/t9-,10+/m1/s1. The van der Waals surface area contributed by atoms with E-state index in [0.29, 0.717) is 17.2 Å². The molecule has 1 aliphatic rings. The quantitative estimate of drug-likeness (QED) is 0.911. The fraction of sp³-hybridized carbons (Fsp3) is 0.667. The van der Waals surface area contributed by atoms with Gasteiger partial charge in [0.1, 0.15) is 0 Å². The van der Waals surface area contributed by atoms with Gasteiger partial charge in [0.25, 0.3) is 0 Å². The molecule has 106 valence electrons. The molecule has 1 aromatic rings. The lowest BCUT2D eigenvalue weighted by Crippen LogP contribution is -2.38. The number of aryl methyl sites for hydroxylation is 1. The average molecular weight is 284 g/mol. The van der Waals surface area contributed by atoms with Crippen LogP contribution in [0.1, 0.15) is 5.69 Å². The maximum Gasteiger partial charge on any atom is 0.324 e. The van der Waals surface area contributed by atoms with Gasteiger partial charge in [-0.1, -0.05) is 5.16 Å². The predicted molar refractivity (Wildman–Crippen MR) is 76.6 cm³/mol. The zero-order valence-corrected chi connectivity index (χ0v) is 12.5. The summed E-state index contributed by atoms with van der Waals surface area (Å²) in [5.74, 6) is 0.400. The van der Waals surface area contributed by atoms with Gasteiger partial charge in [-0.2, -0.15) is 11.8 Å². The Balaban J connectivity index is 1.97. The average Bonchev–Trinajstić information content (AvgIpc) is 2.95. The number of amides is 2. The van der Waals surface area contributed by atoms with Crippen molar-refractivity contribution >= 4 is 23.7 Å². The zero-order valence-electron chi connectivity index (χ0n) is 11.7. The number of carbonyl (C=O) groups is 1. The van der Waals surface area contributed by atoms with Gasteiger partial charge in [0, 0.05) is 30.4 Å². The van der Waals surface area contributed by atoms with E-state index in [2.05, 4.69) is 35.7 Å². The first-order valence-electron chi connectivity index (χ1n) is 6.19. The Bertz CT molecular complexity index is 449. The topological polar surface area (TPSA) is 61.6 Å². The van der Waals surface area contributed by atoms with Crippen LogP contribution in [0.2, 0.25) is 0 Å². The minimum Gasteiger partial charge on any atom is -0.338 e. The molecule has 0 bridgehead atoms. The SMILES string of the molecule is CS[C@H]1CN(C(=O)Nc2cc(C)no2)C[C@H]1N(C)C. The number of rotatable bonds is 3. The van der Waals surface area contributed by atoms with E-state index in [4.69, 9.17) is 4.52 Å². The summed E-state index contributed by atoms with van der Waals surface area (Å²) >= 11 is 1.80. The van der Waals surface area contributed by atoms with Gasteiger partial charge in [-0.15, -0.1) is 0 Å². The van der Waals surface area contributed by atoms with Gasteiger partial charge in [0.2, 0.25) is 5.88 Å². The van der Waals surface area contributed by atoms with Crippen LogP contribution in [0.5, 0.6) is 0 Å². The van der Waals surface area contributed by atoms with E-state index in [-0.39, 0.29) is 6.03 Å². The molecule has 1 saturated heterocycles. The van der Waals surface area contributed by atoms with Crippen LogP contribution in [0, 0.1) is 6.92 Å². The van der Waals surface area contributed by atoms with E-state index in [1.807, 2.05) is 11.8 Å². The molecule has 19 heavy (non-hydrogen) atoms. The second-order valence-corrected chi connectivity index (χ2v) is 6.05. The minimum atomic E-state index is -0.125. The third-order valence-corrected chi connectivity index (χ3v) is 4.42. The number of thioether (sulfide) groups is 1. The molecule has 2 heterocycles. The summed E-state index contributed by atoms with van der Waals surface area (Å²) in [7, 11) is 4.10. The highest BCUT2D eigenvalue weighted by Crippen LogP contribution is 2.24. The van der Waals surface area contributed by atoms with Crippen LogP contribution in [0.15, 0.2) is 10.6 Å². The maximum absolute atomic E-state index is 12.2. The summed E-state index contributed by atoms with van der Waals surface area (Å²) in [5, 5.41) is 6.93.